The summed E-state index contributed by atoms with van der Waals surface area (Å²) in [5, 5.41) is 8.79. The number of hydrogen-bond acceptors (Lipinski definition) is 7. The number of alkyl halides is 3. The summed E-state index contributed by atoms with van der Waals surface area (Å²) in [4.78, 5) is 21.1. The van der Waals surface area contributed by atoms with Crippen molar-refractivity contribution in [2.24, 2.45) is 0 Å². The SMILES string of the molecule is CC(C)(C)OC(=O)N1CC[C@H](Oc2ccnc(COc3ccc(C#N)cc3F)n2)C[C@@H]1C(F)(F)F. The number of nitrogens with zero attached hydrogens (tertiary/aromatic N) is 4. The highest BCUT2D eigenvalue weighted by atomic mass is 19.4. The number of halogens is 4. The van der Waals surface area contributed by atoms with E-state index in [4.69, 9.17) is 19.5 Å². The van der Waals surface area contributed by atoms with Gasteiger partial charge in [0.15, 0.2) is 17.4 Å². The van der Waals surface area contributed by atoms with Gasteiger partial charge in [0.2, 0.25) is 5.88 Å². The van der Waals surface area contributed by atoms with E-state index in [9.17, 15) is 22.4 Å². The van der Waals surface area contributed by atoms with Crippen molar-refractivity contribution < 1.29 is 36.6 Å². The Morgan fingerprint density at radius 3 is 2.63 bits per heavy atom. The van der Waals surface area contributed by atoms with Gasteiger partial charge >= 0.3 is 12.3 Å². The van der Waals surface area contributed by atoms with Gasteiger partial charge in [0.05, 0.1) is 11.6 Å². The van der Waals surface area contributed by atoms with E-state index in [-0.39, 0.29) is 42.6 Å². The van der Waals surface area contributed by atoms with Crippen LogP contribution >= 0.6 is 0 Å². The van der Waals surface area contributed by atoms with Crippen molar-refractivity contribution in [1.29, 1.82) is 5.26 Å². The number of carbonyl (C=O) groups is 1. The third-order valence-corrected chi connectivity index (χ3v) is 4.95. The zero-order valence-electron chi connectivity index (χ0n) is 19.3. The van der Waals surface area contributed by atoms with E-state index in [2.05, 4.69) is 9.97 Å². The molecule has 8 nitrogen and oxygen atoms in total. The first-order valence-corrected chi connectivity index (χ1v) is 10.7. The van der Waals surface area contributed by atoms with Gasteiger partial charge in [0.25, 0.3) is 0 Å². The van der Waals surface area contributed by atoms with Crippen LogP contribution in [0, 0.1) is 17.1 Å². The second kappa shape index (κ2) is 10.3. The van der Waals surface area contributed by atoms with E-state index < -0.39 is 42.3 Å². The number of ether oxygens (including phenoxy) is 3. The first-order valence-electron chi connectivity index (χ1n) is 10.7. The number of amides is 1. The molecular weight excluding hydrogens is 472 g/mol. The predicted octanol–water partition coefficient (Wildman–Crippen LogP) is 4.78. The lowest BCUT2D eigenvalue weighted by Crippen LogP contribution is -2.56. The van der Waals surface area contributed by atoms with E-state index >= 15 is 0 Å². The first-order chi connectivity index (χ1) is 16.4. The van der Waals surface area contributed by atoms with Crippen molar-refractivity contribution >= 4 is 6.09 Å². The monoisotopic (exact) mass is 496 g/mol. The maximum absolute atomic E-state index is 14.0. The molecule has 0 N–H and O–H groups in total. The van der Waals surface area contributed by atoms with E-state index in [0.29, 0.717) is 4.90 Å². The molecular formula is C23H24F4N4O4. The maximum atomic E-state index is 14.0. The van der Waals surface area contributed by atoms with E-state index in [1.54, 1.807) is 20.8 Å². The number of rotatable bonds is 5. The summed E-state index contributed by atoms with van der Waals surface area (Å²) in [6.45, 7) is 4.30. The molecule has 12 heteroatoms. The fourth-order valence-corrected chi connectivity index (χ4v) is 3.41. The lowest BCUT2D eigenvalue weighted by atomic mass is 9.99. The molecule has 1 aliphatic rings. The minimum Gasteiger partial charge on any atom is -0.483 e. The summed E-state index contributed by atoms with van der Waals surface area (Å²) in [6.07, 6.45) is -5.58. The minimum atomic E-state index is -4.67. The Kier molecular flexibility index (Phi) is 7.67. The highest BCUT2D eigenvalue weighted by molar-refractivity contribution is 5.69. The lowest BCUT2D eigenvalue weighted by Gasteiger charge is -2.40. The Hall–Kier alpha value is -3.62. The van der Waals surface area contributed by atoms with Crippen LogP contribution in [-0.2, 0) is 11.3 Å². The van der Waals surface area contributed by atoms with Crippen LogP contribution in [0.3, 0.4) is 0 Å². The van der Waals surface area contributed by atoms with Crippen molar-refractivity contribution in [2.75, 3.05) is 6.54 Å². The number of piperidine rings is 1. The average molecular weight is 496 g/mol. The van der Waals surface area contributed by atoms with Gasteiger partial charge in [-0.15, -0.1) is 0 Å². The number of benzene rings is 1. The van der Waals surface area contributed by atoms with Crippen LogP contribution in [-0.4, -0.2) is 51.4 Å². The molecule has 2 heterocycles. The van der Waals surface area contributed by atoms with Crippen LogP contribution in [0.15, 0.2) is 30.5 Å². The van der Waals surface area contributed by atoms with Crippen LogP contribution in [0.5, 0.6) is 11.6 Å². The molecule has 2 aromatic rings. The molecule has 0 unspecified atom stereocenters. The normalized spacial score (nSPS) is 18.5. The summed E-state index contributed by atoms with van der Waals surface area (Å²) in [7, 11) is 0. The smallest absolute Gasteiger partial charge is 0.410 e. The molecule has 1 aromatic carbocycles. The first kappa shape index (κ1) is 26.0. The standard InChI is InChI=1S/C23H24F4N4O4/c1-22(2,3)35-21(32)31-9-7-15(11-18(31)23(25,26)27)34-20-6-8-29-19(30-20)13-33-17-5-4-14(12-28)10-16(17)24/h4-6,8,10,15,18H,7,9,11,13H2,1-3H3/t15-,18+/m0/s1. The second-order valence-corrected chi connectivity index (χ2v) is 8.85. The molecule has 0 radical (unpaired) electrons. The maximum Gasteiger partial charge on any atom is 0.410 e. The molecule has 1 aliphatic heterocycles. The van der Waals surface area contributed by atoms with Crippen LogP contribution < -0.4 is 9.47 Å². The van der Waals surface area contributed by atoms with E-state index in [1.807, 2.05) is 6.07 Å². The van der Waals surface area contributed by atoms with Crippen LogP contribution in [0.2, 0.25) is 0 Å². The summed E-state index contributed by atoms with van der Waals surface area (Å²) >= 11 is 0. The van der Waals surface area contributed by atoms with Crippen LogP contribution in [0.4, 0.5) is 22.4 Å². The average Bonchev–Trinajstić information content (AvgIpc) is 2.76. The van der Waals surface area contributed by atoms with Gasteiger partial charge in [0, 0.05) is 31.6 Å². The second-order valence-electron chi connectivity index (χ2n) is 8.85. The van der Waals surface area contributed by atoms with Crippen LogP contribution in [0.25, 0.3) is 0 Å². The summed E-state index contributed by atoms with van der Waals surface area (Å²) in [5.41, 5.74) is -0.794. The van der Waals surface area contributed by atoms with Crippen molar-refractivity contribution in [3.05, 3.63) is 47.7 Å². The number of hydrogen-bond donors (Lipinski definition) is 0. The van der Waals surface area contributed by atoms with Crippen molar-refractivity contribution in [1.82, 2.24) is 14.9 Å². The fraction of sp³-hybridized carbons (Fsp3) is 0.478. The molecule has 1 saturated heterocycles. The summed E-state index contributed by atoms with van der Waals surface area (Å²) in [6, 6.07) is 4.83. The summed E-state index contributed by atoms with van der Waals surface area (Å²) in [5.74, 6) is -0.701. The van der Waals surface area contributed by atoms with Gasteiger partial charge in [-0.05, 0) is 39.0 Å². The Morgan fingerprint density at radius 2 is 2.00 bits per heavy atom. The molecule has 1 aromatic heterocycles. The topological polar surface area (TPSA) is 97.6 Å². The summed E-state index contributed by atoms with van der Waals surface area (Å²) < 4.78 is 71.2. The highest BCUT2D eigenvalue weighted by Gasteiger charge is 2.50. The van der Waals surface area contributed by atoms with Crippen LogP contribution in [0.1, 0.15) is 45.0 Å². The molecule has 0 bridgehead atoms. The lowest BCUT2D eigenvalue weighted by molar-refractivity contribution is -0.194. The Bertz CT molecular complexity index is 1100. The third kappa shape index (κ3) is 7.18. The van der Waals surface area contributed by atoms with Crippen molar-refractivity contribution in [2.45, 2.75) is 64.1 Å². The Morgan fingerprint density at radius 1 is 1.26 bits per heavy atom. The third-order valence-electron chi connectivity index (χ3n) is 4.95. The minimum absolute atomic E-state index is 0.0237. The number of nitriles is 1. The molecule has 1 fully saturated rings. The molecule has 188 valence electrons. The molecule has 0 aliphatic carbocycles. The Labute approximate surface area is 199 Å². The molecule has 35 heavy (non-hydrogen) atoms. The van der Waals surface area contributed by atoms with E-state index in [1.165, 1.54) is 24.4 Å². The molecule has 1 amide bonds. The van der Waals surface area contributed by atoms with Crippen molar-refractivity contribution in [3.63, 3.8) is 0 Å². The zero-order chi connectivity index (χ0) is 25.8. The van der Waals surface area contributed by atoms with Gasteiger partial charge in [-0.3, -0.25) is 4.90 Å². The van der Waals surface area contributed by atoms with Crippen molar-refractivity contribution in [3.8, 4) is 17.7 Å². The predicted molar refractivity (Wildman–Crippen MR) is 114 cm³/mol. The Balaban J connectivity index is 1.65. The number of carbonyl (C=O) groups excluding carboxylic acids is 1. The highest BCUT2D eigenvalue weighted by Crippen LogP contribution is 2.34. The fourth-order valence-electron chi connectivity index (χ4n) is 3.41. The van der Waals surface area contributed by atoms with Gasteiger partial charge in [-0.1, -0.05) is 0 Å². The van der Waals surface area contributed by atoms with Gasteiger partial charge in [-0.2, -0.15) is 23.4 Å². The van der Waals surface area contributed by atoms with Gasteiger partial charge < -0.3 is 14.2 Å². The molecule has 3 rings (SSSR count). The molecule has 2 atom stereocenters. The van der Waals surface area contributed by atoms with Gasteiger partial charge in [0.1, 0.15) is 24.4 Å². The molecule has 0 saturated carbocycles. The van der Waals surface area contributed by atoms with E-state index in [0.717, 1.165) is 6.07 Å². The molecule has 0 spiro atoms. The quantitative estimate of drug-likeness (QED) is 0.550. The van der Waals surface area contributed by atoms with Gasteiger partial charge in [-0.25, -0.2) is 14.2 Å². The number of likely N-dealkylation sites (tertiary alicyclic amines) is 1. The number of aromatic nitrogens is 2. The zero-order valence-corrected chi connectivity index (χ0v) is 19.3. The largest absolute Gasteiger partial charge is 0.483 e.